The fourth-order valence-corrected chi connectivity index (χ4v) is 2.89. The zero-order chi connectivity index (χ0) is 17.1. The number of carbonyl (C=O) groups excluding carboxylic acids is 2. The number of carbonyl (C=O) groups is 2. The molecule has 1 aliphatic rings. The summed E-state index contributed by atoms with van der Waals surface area (Å²) in [6.45, 7) is 3.24. The lowest BCUT2D eigenvalue weighted by atomic mass is 10.1. The van der Waals surface area contributed by atoms with Crippen molar-refractivity contribution in [2.75, 3.05) is 18.0 Å². The van der Waals surface area contributed by atoms with Gasteiger partial charge in [-0.1, -0.05) is 28.1 Å². The van der Waals surface area contributed by atoms with Crippen LogP contribution in [0, 0.1) is 0 Å². The molecule has 0 aromatic heterocycles. The molecule has 2 N–H and O–H groups in total. The van der Waals surface area contributed by atoms with Gasteiger partial charge in [-0.3, -0.25) is 9.69 Å². The Bertz CT molecular complexity index is 744. The monoisotopic (exact) mass is 387 g/mol. The number of hydrogen-bond acceptors (Lipinski definition) is 2. The number of nitrogens with zero attached hydrogens (tertiary/aromatic N) is 1. The molecule has 1 fully saturated rings. The number of urea groups is 1. The standard InChI is InChI=1S/C18H18BrN3O2/c1-12(13-2-6-15(19)7-3-13)21-17(23)14-4-8-16(9-5-14)22-11-10-20-18(22)24/h2-9,12H,10-11H2,1H3,(H,20,24)(H,21,23). The van der Waals surface area contributed by atoms with Gasteiger partial charge in [-0.2, -0.15) is 0 Å². The molecule has 0 radical (unpaired) electrons. The summed E-state index contributed by atoms with van der Waals surface area (Å²) in [5, 5.41) is 5.74. The maximum Gasteiger partial charge on any atom is 0.321 e. The lowest BCUT2D eigenvalue weighted by molar-refractivity contribution is 0.0940. The fourth-order valence-electron chi connectivity index (χ4n) is 2.63. The van der Waals surface area contributed by atoms with Gasteiger partial charge in [0.2, 0.25) is 0 Å². The van der Waals surface area contributed by atoms with Crippen molar-refractivity contribution in [1.82, 2.24) is 10.6 Å². The van der Waals surface area contributed by atoms with E-state index in [-0.39, 0.29) is 18.0 Å². The number of benzene rings is 2. The molecule has 5 nitrogen and oxygen atoms in total. The van der Waals surface area contributed by atoms with Gasteiger partial charge in [-0.15, -0.1) is 0 Å². The maximum absolute atomic E-state index is 12.4. The SMILES string of the molecule is CC(NC(=O)c1ccc(N2CCNC2=O)cc1)c1ccc(Br)cc1. The highest BCUT2D eigenvalue weighted by Gasteiger charge is 2.21. The van der Waals surface area contributed by atoms with Crippen LogP contribution in [-0.4, -0.2) is 25.0 Å². The molecule has 2 aromatic rings. The third-order valence-electron chi connectivity index (χ3n) is 4.02. The summed E-state index contributed by atoms with van der Waals surface area (Å²) in [6, 6.07) is 14.7. The van der Waals surface area contributed by atoms with E-state index in [9.17, 15) is 9.59 Å². The van der Waals surface area contributed by atoms with E-state index in [1.165, 1.54) is 0 Å². The van der Waals surface area contributed by atoms with Gasteiger partial charge in [0.1, 0.15) is 0 Å². The molecule has 0 aliphatic carbocycles. The molecular weight excluding hydrogens is 370 g/mol. The van der Waals surface area contributed by atoms with Gasteiger partial charge >= 0.3 is 6.03 Å². The largest absolute Gasteiger partial charge is 0.346 e. The van der Waals surface area contributed by atoms with Crippen LogP contribution in [0.3, 0.4) is 0 Å². The second-order valence-electron chi connectivity index (χ2n) is 5.68. The van der Waals surface area contributed by atoms with Crippen molar-refractivity contribution >= 4 is 33.6 Å². The quantitative estimate of drug-likeness (QED) is 0.843. The summed E-state index contributed by atoms with van der Waals surface area (Å²) in [6.07, 6.45) is 0. The highest BCUT2D eigenvalue weighted by molar-refractivity contribution is 9.10. The smallest absolute Gasteiger partial charge is 0.321 e. The molecule has 3 rings (SSSR count). The third kappa shape index (κ3) is 3.59. The first-order chi connectivity index (χ1) is 11.5. The Hall–Kier alpha value is -2.34. The van der Waals surface area contributed by atoms with E-state index in [0.717, 1.165) is 15.7 Å². The van der Waals surface area contributed by atoms with E-state index >= 15 is 0 Å². The van der Waals surface area contributed by atoms with Crippen molar-refractivity contribution in [3.63, 3.8) is 0 Å². The van der Waals surface area contributed by atoms with Gasteiger partial charge in [0, 0.05) is 28.8 Å². The van der Waals surface area contributed by atoms with Crippen molar-refractivity contribution in [1.29, 1.82) is 0 Å². The van der Waals surface area contributed by atoms with Gasteiger partial charge in [0.05, 0.1) is 6.04 Å². The van der Waals surface area contributed by atoms with Crippen LogP contribution in [0.25, 0.3) is 0 Å². The predicted octanol–water partition coefficient (Wildman–Crippen LogP) is 3.47. The Morgan fingerprint density at radius 2 is 1.83 bits per heavy atom. The number of rotatable bonds is 4. The fraction of sp³-hybridized carbons (Fsp3) is 0.222. The highest BCUT2D eigenvalue weighted by Crippen LogP contribution is 2.19. The van der Waals surface area contributed by atoms with E-state index < -0.39 is 0 Å². The molecule has 6 heteroatoms. The normalized spacial score (nSPS) is 15.1. The van der Waals surface area contributed by atoms with Crippen molar-refractivity contribution in [2.45, 2.75) is 13.0 Å². The first-order valence-electron chi connectivity index (χ1n) is 7.76. The molecule has 1 atom stereocenters. The summed E-state index contributed by atoms with van der Waals surface area (Å²) < 4.78 is 1.01. The summed E-state index contributed by atoms with van der Waals surface area (Å²) in [5.74, 6) is -0.136. The van der Waals surface area contributed by atoms with E-state index in [4.69, 9.17) is 0 Å². The maximum atomic E-state index is 12.4. The van der Waals surface area contributed by atoms with Crippen LogP contribution in [0.1, 0.15) is 28.9 Å². The lowest BCUT2D eigenvalue weighted by Crippen LogP contribution is -2.28. The number of anilines is 1. The predicted molar refractivity (Wildman–Crippen MR) is 97.2 cm³/mol. The van der Waals surface area contributed by atoms with Crippen molar-refractivity contribution in [3.05, 3.63) is 64.1 Å². The topological polar surface area (TPSA) is 61.4 Å². The van der Waals surface area contributed by atoms with E-state index in [1.807, 2.05) is 31.2 Å². The van der Waals surface area contributed by atoms with Crippen molar-refractivity contribution in [3.8, 4) is 0 Å². The number of nitrogens with one attached hydrogen (secondary N) is 2. The molecule has 2 aromatic carbocycles. The van der Waals surface area contributed by atoms with E-state index in [1.54, 1.807) is 29.2 Å². The minimum absolute atomic E-state index is 0.0883. The Morgan fingerprint density at radius 3 is 2.42 bits per heavy atom. The first kappa shape index (κ1) is 16.5. The molecule has 24 heavy (non-hydrogen) atoms. The van der Waals surface area contributed by atoms with Gasteiger partial charge < -0.3 is 10.6 Å². The van der Waals surface area contributed by atoms with Gasteiger partial charge in [0.25, 0.3) is 5.91 Å². The number of hydrogen-bond donors (Lipinski definition) is 2. The Morgan fingerprint density at radius 1 is 1.17 bits per heavy atom. The van der Waals surface area contributed by atoms with E-state index in [0.29, 0.717) is 18.7 Å². The van der Waals surface area contributed by atoms with Gasteiger partial charge in [-0.25, -0.2) is 4.79 Å². The molecule has 1 aliphatic heterocycles. The van der Waals surface area contributed by atoms with E-state index in [2.05, 4.69) is 26.6 Å². The molecule has 0 bridgehead atoms. The average Bonchev–Trinajstić information content (AvgIpc) is 3.01. The lowest BCUT2D eigenvalue weighted by Gasteiger charge is -2.16. The Balaban J connectivity index is 1.66. The molecular formula is C18H18BrN3O2. The van der Waals surface area contributed by atoms with Crippen molar-refractivity contribution in [2.24, 2.45) is 0 Å². The second-order valence-corrected chi connectivity index (χ2v) is 6.59. The molecule has 1 heterocycles. The zero-order valence-electron chi connectivity index (χ0n) is 13.3. The van der Waals surface area contributed by atoms with Crippen LogP contribution in [0.15, 0.2) is 53.0 Å². The summed E-state index contributed by atoms with van der Waals surface area (Å²) >= 11 is 3.40. The first-order valence-corrected chi connectivity index (χ1v) is 8.55. The molecule has 124 valence electrons. The Kier molecular flexibility index (Phi) is 4.85. The molecule has 0 spiro atoms. The molecule has 0 saturated carbocycles. The van der Waals surface area contributed by atoms with Gasteiger partial charge in [-0.05, 0) is 48.9 Å². The Labute approximate surface area is 149 Å². The number of amides is 3. The summed E-state index contributed by atoms with van der Waals surface area (Å²) in [5.41, 5.74) is 2.40. The minimum Gasteiger partial charge on any atom is -0.346 e. The zero-order valence-corrected chi connectivity index (χ0v) is 14.8. The third-order valence-corrected chi connectivity index (χ3v) is 4.54. The van der Waals surface area contributed by atoms with Crippen LogP contribution in [-0.2, 0) is 0 Å². The second kappa shape index (κ2) is 7.05. The van der Waals surface area contributed by atoms with Crippen LogP contribution in [0.5, 0.6) is 0 Å². The van der Waals surface area contributed by atoms with Crippen LogP contribution in [0.4, 0.5) is 10.5 Å². The van der Waals surface area contributed by atoms with Crippen molar-refractivity contribution < 1.29 is 9.59 Å². The molecule has 3 amide bonds. The minimum atomic E-state index is -0.136. The van der Waals surface area contributed by atoms with Gasteiger partial charge in [0.15, 0.2) is 0 Å². The van der Waals surface area contributed by atoms with Crippen LogP contribution < -0.4 is 15.5 Å². The molecule has 1 unspecified atom stereocenters. The molecule has 1 saturated heterocycles. The average molecular weight is 388 g/mol. The highest BCUT2D eigenvalue weighted by atomic mass is 79.9. The van der Waals surface area contributed by atoms with Crippen LogP contribution in [0.2, 0.25) is 0 Å². The summed E-state index contributed by atoms with van der Waals surface area (Å²) in [4.78, 5) is 25.7. The number of halogens is 1. The van der Waals surface area contributed by atoms with Crippen LogP contribution >= 0.6 is 15.9 Å². The summed E-state index contributed by atoms with van der Waals surface area (Å²) in [7, 11) is 0.